The third-order valence-electron chi connectivity index (χ3n) is 5.72. The van der Waals surface area contributed by atoms with Crippen molar-refractivity contribution in [2.75, 3.05) is 0 Å². The van der Waals surface area contributed by atoms with E-state index in [1.54, 1.807) is 34.1 Å². The summed E-state index contributed by atoms with van der Waals surface area (Å²) in [5.41, 5.74) is 3.72. The van der Waals surface area contributed by atoms with E-state index in [0.717, 1.165) is 35.1 Å². The maximum absolute atomic E-state index is 14.6. The van der Waals surface area contributed by atoms with Crippen LogP contribution in [0, 0.1) is 11.6 Å². The van der Waals surface area contributed by atoms with Gasteiger partial charge in [0.2, 0.25) is 0 Å². The number of fused-ring (bicyclic) bond motifs is 1. The molecule has 2 aromatic heterocycles. The first-order valence-corrected chi connectivity index (χ1v) is 9.59. The van der Waals surface area contributed by atoms with Crippen molar-refractivity contribution in [3.8, 4) is 11.3 Å². The maximum Gasteiger partial charge on any atom is 0.328 e. The first-order valence-electron chi connectivity index (χ1n) is 9.59. The van der Waals surface area contributed by atoms with Gasteiger partial charge in [-0.1, -0.05) is 12.1 Å². The molecule has 0 aliphatic heterocycles. The van der Waals surface area contributed by atoms with Crippen LogP contribution in [0.3, 0.4) is 0 Å². The van der Waals surface area contributed by atoms with E-state index >= 15 is 0 Å². The standard InChI is InChI=1S/C22H20F2N4O/c1-26-17-9-6-13(10-18(17)27(2)22(26)29)11-28-12-25-20(14-7-8-14)21(28)19-15(23)4-3-5-16(19)24/h3-6,9-10,12,14H,7-8,11H2,1-2H3. The van der Waals surface area contributed by atoms with Crippen LogP contribution in [0.2, 0.25) is 0 Å². The molecular weight excluding hydrogens is 374 g/mol. The first kappa shape index (κ1) is 17.8. The van der Waals surface area contributed by atoms with Gasteiger partial charge in [0.25, 0.3) is 0 Å². The number of nitrogens with zero attached hydrogens (tertiary/aromatic N) is 4. The minimum atomic E-state index is -0.588. The Labute approximate surface area is 165 Å². The van der Waals surface area contributed by atoms with Crippen LogP contribution in [-0.2, 0) is 20.6 Å². The van der Waals surface area contributed by atoms with E-state index in [9.17, 15) is 13.6 Å². The number of rotatable bonds is 4. The molecule has 1 aliphatic carbocycles. The Hall–Kier alpha value is -3.22. The molecule has 2 heterocycles. The van der Waals surface area contributed by atoms with E-state index in [1.165, 1.54) is 18.2 Å². The molecule has 0 saturated heterocycles. The lowest BCUT2D eigenvalue weighted by atomic mass is 10.1. The van der Waals surface area contributed by atoms with Gasteiger partial charge < -0.3 is 4.57 Å². The predicted octanol–water partition coefficient (Wildman–Crippen LogP) is 3.94. The number of aromatic nitrogens is 4. The zero-order valence-corrected chi connectivity index (χ0v) is 16.2. The Morgan fingerprint density at radius 2 is 1.72 bits per heavy atom. The molecule has 1 fully saturated rings. The van der Waals surface area contributed by atoms with Gasteiger partial charge in [0, 0.05) is 26.6 Å². The summed E-state index contributed by atoms with van der Waals surface area (Å²) in [4.78, 5) is 16.7. The van der Waals surface area contributed by atoms with Gasteiger partial charge in [-0.2, -0.15) is 0 Å². The number of hydrogen-bond donors (Lipinski definition) is 0. The van der Waals surface area contributed by atoms with Gasteiger partial charge in [0.15, 0.2) is 0 Å². The first-order chi connectivity index (χ1) is 14.0. The molecular formula is C22H20F2N4O. The Morgan fingerprint density at radius 3 is 2.41 bits per heavy atom. The SMILES string of the molecule is Cn1c(=O)n(C)c2cc(Cn3cnc(C4CC4)c3-c3c(F)cccc3F)ccc21. The van der Waals surface area contributed by atoms with Crippen LogP contribution >= 0.6 is 0 Å². The molecule has 0 amide bonds. The summed E-state index contributed by atoms with van der Waals surface area (Å²) in [5, 5.41) is 0. The van der Waals surface area contributed by atoms with E-state index in [2.05, 4.69) is 4.98 Å². The quantitative estimate of drug-likeness (QED) is 0.526. The maximum atomic E-state index is 14.6. The summed E-state index contributed by atoms with van der Waals surface area (Å²) in [6.07, 6.45) is 3.62. The fourth-order valence-electron chi connectivity index (χ4n) is 4.02. The summed E-state index contributed by atoms with van der Waals surface area (Å²) >= 11 is 0. The van der Waals surface area contributed by atoms with Gasteiger partial charge in [0.1, 0.15) is 11.6 Å². The number of hydrogen-bond acceptors (Lipinski definition) is 2. The highest BCUT2D eigenvalue weighted by Crippen LogP contribution is 2.44. The second kappa shape index (κ2) is 6.40. The fourth-order valence-corrected chi connectivity index (χ4v) is 4.02. The smallest absolute Gasteiger partial charge is 0.326 e. The lowest BCUT2D eigenvalue weighted by molar-refractivity contribution is 0.585. The Bertz CT molecular complexity index is 1290. The van der Waals surface area contributed by atoms with Crippen molar-refractivity contribution in [1.82, 2.24) is 18.7 Å². The van der Waals surface area contributed by atoms with E-state index in [1.807, 2.05) is 18.2 Å². The topological polar surface area (TPSA) is 44.8 Å². The highest BCUT2D eigenvalue weighted by molar-refractivity contribution is 5.77. The molecule has 1 saturated carbocycles. The molecule has 5 rings (SSSR count). The number of aryl methyl sites for hydroxylation is 2. The molecule has 1 aliphatic rings. The molecule has 0 bridgehead atoms. The van der Waals surface area contributed by atoms with Gasteiger partial charge in [0.05, 0.1) is 34.3 Å². The van der Waals surface area contributed by atoms with Crippen molar-refractivity contribution in [2.45, 2.75) is 25.3 Å². The third kappa shape index (κ3) is 2.80. The van der Waals surface area contributed by atoms with Crippen LogP contribution in [0.25, 0.3) is 22.3 Å². The molecule has 4 aromatic rings. The molecule has 148 valence electrons. The van der Waals surface area contributed by atoms with Crippen molar-refractivity contribution in [2.24, 2.45) is 14.1 Å². The van der Waals surface area contributed by atoms with Crippen molar-refractivity contribution in [1.29, 1.82) is 0 Å². The van der Waals surface area contributed by atoms with Crippen LogP contribution in [0.15, 0.2) is 47.5 Å². The minimum Gasteiger partial charge on any atom is -0.326 e. The normalized spacial score (nSPS) is 14.1. The van der Waals surface area contributed by atoms with Crippen LogP contribution in [0.4, 0.5) is 8.78 Å². The van der Waals surface area contributed by atoms with Gasteiger partial charge in [-0.15, -0.1) is 0 Å². The summed E-state index contributed by atoms with van der Waals surface area (Å²) in [6.45, 7) is 0.405. The van der Waals surface area contributed by atoms with E-state index in [0.29, 0.717) is 12.2 Å². The van der Waals surface area contributed by atoms with E-state index in [-0.39, 0.29) is 17.2 Å². The highest BCUT2D eigenvalue weighted by atomic mass is 19.1. The Kier molecular flexibility index (Phi) is 3.94. The van der Waals surface area contributed by atoms with E-state index < -0.39 is 11.6 Å². The summed E-state index contributed by atoms with van der Waals surface area (Å²) in [6, 6.07) is 9.69. The average molecular weight is 394 g/mol. The van der Waals surface area contributed by atoms with Gasteiger partial charge >= 0.3 is 5.69 Å². The zero-order chi connectivity index (χ0) is 20.3. The number of halogens is 2. The summed E-state index contributed by atoms with van der Waals surface area (Å²) in [5.74, 6) is -0.924. The van der Waals surface area contributed by atoms with Crippen molar-refractivity contribution in [3.05, 3.63) is 76.1 Å². The molecule has 5 nitrogen and oxygen atoms in total. The van der Waals surface area contributed by atoms with E-state index in [4.69, 9.17) is 0 Å². The molecule has 0 unspecified atom stereocenters. The molecule has 2 aromatic carbocycles. The predicted molar refractivity (Wildman–Crippen MR) is 107 cm³/mol. The zero-order valence-electron chi connectivity index (χ0n) is 16.2. The molecule has 7 heteroatoms. The van der Waals surface area contributed by atoms with Crippen LogP contribution < -0.4 is 5.69 Å². The Morgan fingerprint density at radius 1 is 1.03 bits per heavy atom. The van der Waals surface area contributed by atoms with Gasteiger partial charge in [-0.3, -0.25) is 9.13 Å². The van der Waals surface area contributed by atoms with Crippen molar-refractivity contribution >= 4 is 11.0 Å². The van der Waals surface area contributed by atoms with Gasteiger partial charge in [-0.25, -0.2) is 18.6 Å². The second-order valence-electron chi connectivity index (χ2n) is 7.70. The molecule has 29 heavy (non-hydrogen) atoms. The monoisotopic (exact) mass is 394 g/mol. The lowest BCUT2D eigenvalue weighted by Gasteiger charge is -2.12. The highest BCUT2D eigenvalue weighted by Gasteiger charge is 2.32. The molecule has 0 atom stereocenters. The van der Waals surface area contributed by atoms with Crippen molar-refractivity contribution < 1.29 is 8.78 Å². The second-order valence-corrected chi connectivity index (χ2v) is 7.70. The number of imidazole rings is 2. The van der Waals surface area contributed by atoms with Gasteiger partial charge in [-0.05, 0) is 42.7 Å². The fraction of sp³-hybridized carbons (Fsp3) is 0.273. The van der Waals surface area contributed by atoms with Crippen LogP contribution in [0.5, 0.6) is 0 Å². The molecule has 0 N–H and O–H groups in total. The average Bonchev–Trinajstić information content (AvgIpc) is 3.44. The van der Waals surface area contributed by atoms with Crippen molar-refractivity contribution in [3.63, 3.8) is 0 Å². The van der Waals surface area contributed by atoms with Crippen LogP contribution in [0.1, 0.15) is 30.0 Å². The minimum absolute atomic E-state index is 0.0277. The summed E-state index contributed by atoms with van der Waals surface area (Å²) < 4.78 is 34.2. The molecule has 0 spiro atoms. The third-order valence-corrected chi connectivity index (χ3v) is 5.72. The largest absolute Gasteiger partial charge is 0.328 e. The molecule has 0 radical (unpaired) electrons. The van der Waals surface area contributed by atoms with Crippen LogP contribution in [-0.4, -0.2) is 18.7 Å². The lowest BCUT2D eigenvalue weighted by Crippen LogP contribution is -2.19. The Balaban J connectivity index is 1.64. The number of benzene rings is 2. The summed E-state index contributed by atoms with van der Waals surface area (Å²) in [7, 11) is 3.47.